The highest BCUT2D eigenvalue weighted by Crippen LogP contribution is 1.73. The van der Waals surface area contributed by atoms with Crippen molar-refractivity contribution in [2.45, 2.75) is 6.92 Å². The van der Waals surface area contributed by atoms with Gasteiger partial charge in [-0.15, -0.1) is 23.2 Å². The maximum Gasteiger partial charge on any atom is 0.152 e. The lowest BCUT2D eigenvalue weighted by Crippen LogP contribution is -1.74. The van der Waals surface area contributed by atoms with Crippen LogP contribution >= 0.6 is 23.2 Å². The quantitative estimate of drug-likeness (QED) is 0.419. The molecule has 0 unspecified atom stereocenters. The summed E-state index contributed by atoms with van der Waals surface area (Å²) in [6.07, 6.45) is 1.28. The molecule has 3 heteroatoms. The highest BCUT2D eigenvalue weighted by atomic mass is 35.5. The molecule has 0 N–H and O–H groups in total. The fourth-order valence-electron chi connectivity index (χ4n) is 0. The van der Waals surface area contributed by atoms with E-state index in [9.17, 15) is 4.79 Å². The third-order valence-electron chi connectivity index (χ3n) is 0.287. The van der Waals surface area contributed by atoms with Crippen LogP contribution in [0.2, 0.25) is 0 Å². The van der Waals surface area contributed by atoms with Gasteiger partial charge in [0, 0.05) is 0 Å². The fourth-order valence-corrected chi connectivity index (χ4v) is 0. The molecular formula is C5H8Cl2O. The lowest BCUT2D eigenvalue weighted by atomic mass is 10.5. The van der Waals surface area contributed by atoms with E-state index in [1.165, 1.54) is 13.0 Å². The molecule has 0 spiro atoms. The van der Waals surface area contributed by atoms with Gasteiger partial charge < -0.3 is 0 Å². The summed E-state index contributed by atoms with van der Waals surface area (Å²) >= 11 is 9.53. The summed E-state index contributed by atoms with van der Waals surface area (Å²) in [6, 6.07) is 0. The van der Waals surface area contributed by atoms with Crippen molar-refractivity contribution >= 4 is 29.0 Å². The molecule has 0 rings (SSSR count). The van der Waals surface area contributed by atoms with Crippen molar-refractivity contribution in [1.82, 2.24) is 0 Å². The maximum absolute atomic E-state index is 9.69. The Kier molecular flexibility index (Phi) is 13.7. The van der Waals surface area contributed by atoms with Crippen molar-refractivity contribution in [3.63, 3.8) is 0 Å². The lowest BCUT2D eigenvalue weighted by molar-refractivity contribution is -0.112. The minimum absolute atomic E-state index is 0.0185. The lowest BCUT2D eigenvalue weighted by Gasteiger charge is -1.62. The number of rotatable bonds is 1. The topological polar surface area (TPSA) is 17.1 Å². The van der Waals surface area contributed by atoms with Crippen LogP contribution < -0.4 is 0 Å². The molecule has 8 heavy (non-hydrogen) atoms. The highest BCUT2D eigenvalue weighted by Gasteiger charge is 1.69. The average molecular weight is 155 g/mol. The van der Waals surface area contributed by atoms with Gasteiger partial charge in [0.05, 0.1) is 5.34 Å². The van der Waals surface area contributed by atoms with E-state index in [0.29, 0.717) is 0 Å². The first-order valence-corrected chi connectivity index (χ1v) is 3.00. The SMILES string of the molecule is C=CC(C)=O.ClCCl. The molecule has 1 nitrogen and oxygen atoms in total. The number of hydrogen-bond donors (Lipinski definition) is 0. The predicted octanol–water partition coefficient (Wildman–Crippen LogP) is 2.18. The van der Waals surface area contributed by atoms with Gasteiger partial charge in [-0.2, -0.15) is 0 Å². The van der Waals surface area contributed by atoms with Gasteiger partial charge in [0.15, 0.2) is 5.78 Å². The molecule has 0 atom stereocenters. The monoisotopic (exact) mass is 154 g/mol. The van der Waals surface area contributed by atoms with Crippen LogP contribution in [0.25, 0.3) is 0 Å². The summed E-state index contributed by atoms with van der Waals surface area (Å²) in [5, 5.41) is 0.194. The van der Waals surface area contributed by atoms with E-state index in [4.69, 9.17) is 23.2 Å². The molecule has 0 saturated carbocycles. The Hall–Kier alpha value is -0.0100. The van der Waals surface area contributed by atoms with Crippen molar-refractivity contribution in [1.29, 1.82) is 0 Å². The molecule has 0 aliphatic heterocycles. The minimum Gasteiger partial charge on any atom is -0.295 e. The zero-order chi connectivity index (χ0) is 6.99. The number of allylic oxidation sites excluding steroid dienone is 1. The second-order valence-electron chi connectivity index (χ2n) is 0.916. The second kappa shape index (κ2) is 10.1. The number of carbonyl (C=O) groups is 1. The van der Waals surface area contributed by atoms with Crippen molar-refractivity contribution in [3.8, 4) is 0 Å². The van der Waals surface area contributed by atoms with Crippen LogP contribution in [0, 0.1) is 0 Å². The molecule has 0 fully saturated rings. The molecule has 0 aliphatic rings. The van der Waals surface area contributed by atoms with Crippen LogP contribution in [-0.2, 0) is 4.79 Å². The van der Waals surface area contributed by atoms with E-state index in [1.807, 2.05) is 0 Å². The summed E-state index contributed by atoms with van der Waals surface area (Å²) in [6.45, 7) is 4.68. The predicted molar refractivity (Wildman–Crippen MR) is 37.5 cm³/mol. The Morgan fingerprint density at radius 1 is 1.75 bits per heavy atom. The van der Waals surface area contributed by atoms with Crippen LogP contribution in [0.15, 0.2) is 12.7 Å². The smallest absolute Gasteiger partial charge is 0.152 e. The molecule has 0 bridgehead atoms. The van der Waals surface area contributed by atoms with Crippen LogP contribution in [0.5, 0.6) is 0 Å². The van der Waals surface area contributed by atoms with Crippen molar-refractivity contribution in [2.75, 3.05) is 5.34 Å². The third kappa shape index (κ3) is 37.7. The zero-order valence-electron chi connectivity index (χ0n) is 4.66. The van der Waals surface area contributed by atoms with Crippen LogP contribution in [0.4, 0.5) is 0 Å². The second-order valence-corrected chi connectivity index (χ2v) is 1.72. The van der Waals surface area contributed by atoms with Crippen molar-refractivity contribution < 1.29 is 4.79 Å². The van der Waals surface area contributed by atoms with E-state index < -0.39 is 0 Å². The Labute approximate surface area is 59.3 Å². The normalized spacial score (nSPS) is 6.38. The molecule has 0 amide bonds. The molecule has 0 aromatic carbocycles. The van der Waals surface area contributed by atoms with E-state index in [0.717, 1.165) is 0 Å². The molecule has 0 aliphatic carbocycles. The van der Waals surface area contributed by atoms with Gasteiger partial charge in [-0.3, -0.25) is 4.79 Å². The first kappa shape index (κ1) is 10.9. The Balaban J connectivity index is 0. The molecule has 0 aromatic heterocycles. The number of ketones is 1. The molecule has 0 aromatic rings. The molecule has 0 radical (unpaired) electrons. The summed E-state index contributed by atoms with van der Waals surface area (Å²) in [5.41, 5.74) is 0. The van der Waals surface area contributed by atoms with Crippen LogP contribution in [-0.4, -0.2) is 11.1 Å². The standard InChI is InChI=1S/C4H6O.CH2Cl2/c1-3-4(2)5;2-1-3/h3H,1H2,2H3;1H2. The van der Waals surface area contributed by atoms with E-state index in [-0.39, 0.29) is 11.1 Å². The fraction of sp³-hybridized carbons (Fsp3) is 0.400. The number of alkyl halides is 2. The zero-order valence-corrected chi connectivity index (χ0v) is 6.17. The van der Waals surface area contributed by atoms with E-state index in [1.54, 1.807) is 0 Å². The maximum atomic E-state index is 9.69. The van der Waals surface area contributed by atoms with Gasteiger partial charge in [0.1, 0.15) is 0 Å². The molecule has 0 heterocycles. The van der Waals surface area contributed by atoms with Gasteiger partial charge in [0.2, 0.25) is 0 Å². The van der Waals surface area contributed by atoms with Crippen LogP contribution in [0.3, 0.4) is 0 Å². The molecular weight excluding hydrogens is 147 g/mol. The number of hydrogen-bond acceptors (Lipinski definition) is 1. The summed E-state index contributed by atoms with van der Waals surface area (Å²) in [4.78, 5) is 9.69. The largest absolute Gasteiger partial charge is 0.295 e. The van der Waals surface area contributed by atoms with Gasteiger partial charge >= 0.3 is 0 Å². The third-order valence-corrected chi connectivity index (χ3v) is 0.287. The molecule has 0 saturated heterocycles. The van der Waals surface area contributed by atoms with Crippen LogP contribution in [0.1, 0.15) is 6.92 Å². The average Bonchev–Trinajstić information content (AvgIpc) is 1.69. The van der Waals surface area contributed by atoms with E-state index >= 15 is 0 Å². The Morgan fingerprint density at radius 3 is 1.88 bits per heavy atom. The number of carbonyl (C=O) groups excluding carboxylic acids is 1. The van der Waals surface area contributed by atoms with Crippen molar-refractivity contribution in [2.24, 2.45) is 0 Å². The highest BCUT2D eigenvalue weighted by molar-refractivity contribution is 6.40. The Morgan fingerprint density at radius 2 is 1.88 bits per heavy atom. The summed E-state index contributed by atoms with van der Waals surface area (Å²) < 4.78 is 0. The van der Waals surface area contributed by atoms with E-state index in [2.05, 4.69) is 6.58 Å². The summed E-state index contributed by atoms with van der Waals surface area (Å²) in [5.74, 6) is 0.0185. The Bertz CT molecular complexity index is 70.8. The van der Waals surface area contributed by atoms with Gasteiger partial charge in [-0.25, -0.2) is 0 Å². The minimum atomic E-state index is 0.0185. The van der Waals surface area contributed by atoms with Gasteiger partial charge in [0.25, 0.3) is 0 Å². The molecule has 48 valence electrons. The number of halogens is 2. The first-order chi connectivity index (χ1) is 3.68. The van der Waals surface area contributed by atoms with Crippen molar-refractivity contribution in [3.05, 3.63) is 12.7 Å². The first-order valence-electron chi connectivity index (χ1n) is 1.94. The van der Waals surface area contributed by atoms with Gasteiger partial charge in [-0.05, 0) is 13.0 Å². The van der Waals surface area contributed by atoms with Gasteiger partial charge in [-0.1, -0.05) is 6.58 Å². The summed E-state index contributed by atoms with van der Waals surface area (Å²) in [7, 11) is 0.